The summed E-state index contributed by atoms with van der Waals surface area (Å²) in [6.07, 6.45) is 1.94. The molecule has 6 heteroatoms. The number of para-hydroxylation sites is 3. The molecule has 0 aliphatic carbocycles. The van der Waals surface area contributed by atoms with Crippen molar-refractivity contribution in [2.24, 2.45) is 0 Å². The van der Waals surface area contributed by atoms with E-state index in [-0.39, 0.29) is 44.0 Å². The summed E-state index contributed by atoms with van der Waals surface area (Å²) in [4.78, 5) is 9.64. The van der Waals surface area contributed by atoms with E-state index in [2.05, 4.69) is 282 Å². The molecule has 1 aliphatic heterocycles. The van der Waals surface area contributed by atoms with Gasteiger partial charge in [-0.3, -0.25) is 0 Å². The normalized spacial score (nSPS) is 12.8. The van der Waals surface area contributed by atoms with E-state index in [1.165, 1.54) is 38.7 Å². The molecule has 1 aliphatic rings. The molecule has 11 rings (SSSR count). The summed E-state index contributed by atoms with van der Waals surface area (Å²) in [5, 5.41) is 2.33. The molecule has 0 unspecified atom stereocenters. The molecule has 0 fully saturated rings. The third kappa shape index (κ3) is 8.39. The van der Waals surface area contributed by atoms with E-state index in [1.54, 1.807) is 0 Å². The van der Waals surface area contributed by atoms with E-state index in [0.717, 1.165) is 55.9 Å². The summed E-state index contributed by atoms with van der Waals surface area (Å²) in [6, 6.07) is 80.6. The molecule has 2 aromatic heterocycles. The second-order valence-electron chi connectivity index (χ2n) is 20.6. The summed E-state index contributed by atoms with van der Waals surface area (Å²) in [6.45, 7) is 18.2. The zero-order chi connectivity index (χ0) is 47.5. The van der Waals surface area contributed by atoms with E-state index in [4.69, 9.17) is 4.98 Å². The number of anilines is 4. The Morgan fingerprint density at radius 3 is 1.69 bits per heavy atom. The van der Waals surface area contributed by atoms with Crippen LogP contribution in [0.4, 0.5) is 22.7 Å². The second-order valence-corrected chi connectivity index (χ2v) is 20.6. The zero-order valence-electron chi connectivity index (χ0n) is 40.9. The molecule has 0 saturated carbocycles. The summed E-state index contributed by atoms with van der Waals surface area (Å²) in [7, 11) is 0. The van der Waals surface area contributed by atoms with Crippen LogP contribution in [0.25, 0.3) is 27.6 Å². The molecule has 0 N–H and O–H groups in total. The van der Waals surface area contributed by atoms with Crippen LogP contribution in [0.1, 0.15) is 76.3 Å². The van der Waals surface area contributed by atoms with Gasteiger partial charge in [-0.2, -0.15) is 53.4 Å². The van der Waals surface area contributed by atoms with Gasteiger partial charge in [0.1, 0.15) is 5.82 Å². The fourth-order valence-corrected chi connectivity index (χ4v) is 10.3. The van der Waals surface area contributed by atoms with E-state index in [0.29, 0.717) is 0 Å². The number of pyridine rings is 1. The standard InChI is InChI=1S/C64H56BN4.Pt/c1-62(2,3)47-36-37-66-61(41-47)69-57-31-18-17-30-55(57)56-35-34-52(43-60(56)69)65(50-26-15-10-16-27-50)51-28-21-29-53(42-51)67-44-68(59-33-20-19-32-58(59)67)54-39-48(63(4,5)45-22-11-8-12-23-45)38-49(40-54)64(6,7)46-24-13-9-14-25-46;/h8-41,44H,1-7H3;/q-3;. The van der Waals surface area contributed by atoms with E-state index < -0.39 is 0 Å². The van der Waals surface area contributed by atoms with Crippen molar-refractivity contribution in [2.75, 3.05) is 9.80 Å². The first kappa shape index (κ1) is 46.8. The molecule has 0 radical (unpaired) electrons. The first-order valence-corrected chi connectivity index (χ1v) is 24.2. The average Bonchev–Trinajstić information content (AvgIpc) is 3.93. The van der Waals surface area contributed by atoms with Gasteiger partial charge in [0, 0.05) is 60.7 Å². The van der Waals surface area contributed by atoms with Gasteiger partial charge in [-0.25, -0.2) is 4.98 Å². The molecular formula is C64H56BN4Pt-3. The summed E-state index contributed by atoms with van der Waals surface area (Å²) < 4.78 is 2.29. The Hall–Kier alpha value is -6.94. The average molecular weight is 1090 g/mol. The SMILES string of the molecule is CC(C)(C)c1ccnc(-n2c3[c-]c(B(c4[c-]c(N5[CH-]N(c6cc(C(C)(C)c7ccccc7)cc(C(C)(C)c7ccccc7)c6)c6ccccc65)ccc4)c4ccccc4)ccc3c3ccccc32)c1.[Pt]. The van der Waals surface area contributed by atoms with Crippen LogP contribution in [-0.4, -0.2) is 16.3 Å². The molecule has 4 nitrogen and oxygen atoms in total. The molecule has 3 heterocycles. The number of hydrogen-bond donors (Lipinski definition) is 0. The van der Waals surface area contributed by atoms with Crippen LogP contribution in [0.2, 0.25) is 0 Å². The molecular weight excluding hydrogens is 1030 g/mol. The summed E-state index contributed by atoms with van der Waals surface area (Å²) in [5.41, 5.74) is 15.5. The van der Waals surface area contributed by atoms with Crippen LogP contribution in [0, 0.1) is 18.8 Å². The van der Waals surface area contributed by atoms with Crippen LogP contribution in [0.15, 0.2) is 206 Å². The molecule has 0 bridgehead atoms. The quantitative estimate of drug-likeness (QED) is 0.101. The monoisotopic (exact) mass is 1090 g/mol. The maximum absolute atomic E-state index is 4.97. The Morgan fingerprint density at radius 2 is 1.04 bits per heavy atom. The molecule has 10 aromatic rings. The number of hydrogen-bond acceptors (Lipinski definition) is 3. The van der Waals surface area contributed by atoms with Crippen molar-refractivity contribution in [1.82, 2.24) is 9.55 Å². The van der Waals surface area contributed by atoms with E-state index >= 15 is 0 Å². The first-order valence-electron chi connectivity index (χ1n) is 24.2. The molecule has 70 heavy (non-hydrogen) atoms. The number of benzene rings is 8. The molecule has 8 aromatic carbocycles. The topological polar surface area (TPSA) is 24.3 Å². The van der Waals surface area contributed by atoms with Gasteiger partial charge in [-0.15, -0.1) is 17.7 Å². The minimum Gasteiger partial charge on any atom is -0.493 e. The summed E-state index contributed by atoms with van der Waals surface area (Å²) in [5.74, 6) is 0.893. The molecule has 0 saturated heterocycles. The Labute approximate surface area is 429 Å². The minimum atomic E-state index is -0.256. The van der Waals surface area contributed by atoms with Crippen molar-refractivity contribution in [1.29, 1.82) is 0 Å². The molecule has 0 amide bonds. The molecule has 0 spiro atoms. The van der Waals surface area contributed by atoms with Crippen molar-refractivity contribution in [2.45, 2.75) is 64.7 Å². The van der Waals surface area contributed by atoms with Crippen LogP contribution in [-0.2, 0) is 37.3 Å². The van der Waals surface area contributed by atoms with Crippen LogP contribution in [0.3, 0.4) is 0 Å². The van der Waals surface area contributed by atoms with Crippen molar-refractivity contribution in [3.05, 3.63) is 253 Å². The van der Waals surface area contributed by atoms with Crippen molar-refractivity contribution < 1.29 is 21.1 Å². The second kappa shape index (κ2) is 18.4. The van der Waals surface area contributed by atoms with Crippen LogP contribution in [0.5, 0.6) is 0 Å². The van der Waals surface area contributed by atoms with Gasteiger partial charge in [0.05, 0.1) is 0 Å². The predicted octanol–water partition coefficient (Wildman–Crippen LogP) is 13.7. The van der Waals surface area contributed by atoms with Gasteiger partial charge < -0.3 is 14.4 Å². The number of aromatic nitrogens is 2. The predicted molar refractivity (Wildman–Crippen MR) is 291 cm³/mol. The van der Waals surface area contributed by atoms with Crippen molar-refractivity contribution in [3.8, 4) is 5.82 Å². The van der Waals surface area contributed by atoms with E-state index in [9.17, 15) is 0 Å². The smallest absolute Gasteiger partial charge is 0.191 e. The largest absolute Gasteiger partial charge is 0.493 e. The third-order valence-corrected chi connectivity index (χ3v) is 14.5. The maximum atomic E-state index is 4.97. The van der Waals surface area contributed by atoms with Crippen LogP contribution < -0.4 is 26.2 Å². The van der Waals surface area contributed by atoms with Gasteiger partial charge in [-0.1, -0.05) is 187 Å². The minimum absolute atomic E-state index is 0. The van der Waals surface area contributed by atoms with Gasteiger partial charge in [0.15, 0.2) is 6.71 Å². The van der Waals surface area contributed by atoms with Crippen LogP contribution >= 0.6 is 0 Å². The molecule has 0 atom stereocenters. The molecule has 348 valence electrons. The Balaban J connectivity index is 0.00000567. The van der Waals surface area contributed by atoms with Crippen molar-refractivity contribution in [3.63, 3.8) is 0 Å². The van der Waals surface area contributed by atoms with E-state index in [1.807, 2.05) is 6.20 Å². The zero-order valence-corrected chi connectivity index (χ0v) is 43.2. The van der Waals surface area contributed by atoms with Gasteiger partial charge in [0.25, 0.3) is 0 Å². The Bertz CT molecular complexity index is 3410. The fourth-order valence-electron chi connectivity index (χ4n) is 10.3. The van der Waals surface area contributed by atoms with Gasteiger partial charge >= 0.3 is 0 Å². The maximum Gasteiger partial charge on any atom is 0.191 e. The Morgan fingerprint density at radius 1 is 0.471 bits per heavy atom. The van der Waals surface area contributed by atoms with Gasteiger partial charge in [0.2, 0.25) is 0 Å². The Kier molecular flexibility index (Phi) is 12.3. The van der Waals surface area contributed by atoms with Gasteiger partial charge in [-0.05, 0) is 81.1 Å². The third-order valence-electron chi connectivity index (χ3n) is 14.5. The first-order chi connectivity index (χ1) is 33.4. The summed E-state index contributed by atoms with van der Waals surface area (Å²) >= 11 is 0. The number of nitrogens with zero attached hydrogens (tertiary/aromatic N) is 4. The van der Waals surface area contributed by atoms with Crippen molar-refractivity contribution >= 4 is 67.7 Å². The number of rotatable bonds is 10. The number of fused-ring (bicyclic) bond motifs is 4. The fraction of sp³-hybridized carbons (Fsp3) is 0.156.